The fourth-order valence-electron chi connectivity index (χ4n) is 1.70. The van der Waals surface area contributed by atoms with E-state index in [4.69, 9.17) is 5.84 Å². The van der Waals surface area contributed by atoms with Crippen LogP contribution in [0.25, 0.3) is 0 Å². The Hall–Kier alpha value is -0.750. The zero-order valence-electron chi connectivity index (χ0n) is 9.27. The molecule has 2 rings (SSSR count). The minimum atomic E-state index is 0.218. The van der Waals surface area contributed by atoms with E-state index in [1.54, 1.807) is 11.3 Å². The second-order valence-corrected chi connectivity index (χ2v) is 5.72. The highest BCUT2D eigenvalue weighted by molar-refractivity contribution is 9.10. The fraction of sp³-hybridized carbons (Fsp3) is 0.250. The van der Waals surface area contributed by atoms with Gasteiger partial charge in [-0.15, -0.1) is 11.3 Å². The van der Waals surface area contributed by atoms with Crippen molar-refractivity contribution in [3.05, 3.63) is 50.9 Å². The normalized spacial score (nSPS) is 12.6. The van der Waals surface area contributed by atoms with E-state index < -0.39 is 0 Å². The number of hydrogen-bond donors (Lipinski definition) is 2. The van der Waals surface area contributed by atoms with Crippen LogP contribution in [0.1, 0.15) is 10.6 Å². The average molecular weight is 312 g/mol. The minimum Gasteiger partial charge on any atom is -0.271 e. The van der Waals surface area contributed by atoms with Crippen LogP contribution >= 0.6 is 27.3 Å². The summed E-state index contributed by atoms with van der Waals surface area (Å²) in [4.78, 5) is 4.28. The molecule has 3 N–H and O–H groups in total. The Morgan fingerprint density at radius 3 is 2.94 bits per heavy atom. The highest BCUT2D eigenvalue weighted by Crippen LogP contribution is 2.15. The Morgan fingerprint density at radius 1 is 1.41 bits per heavy atom. The SMILES string of the molecule is NNC(Cc1cccc(Br)c1)Cc1nccs1. The third kappa shape index (κ3) is 3.89. The molecule has 2 aromatic rings. The number of nitrogens with one attached hydrogen (secondary N) is 1. The van der Waals surface area contributed by atoms with Gasteiger partial charge in [0.25, 0.3) is 0 Å². The molecule has 1 heterocycles. The summed E-state index contributed by atoms with van der Waals surface area (Å²) < 4.78 is 1.10. The molecule has 3 nitrogen and oxygen atoms in total. The van der Waals surface area contributed by atoms with Crippen LogP contribution in [0.15, 0.2) is 40.3 Å². The molecule has 1 aromatic carbocycles. The summed E-state index contributed by atoms with van der Waals surface area (Å²) in [7, 11) is 0. The quantitative estimate of drug-likeness (QED) is 0.659. The minimum absolute atomic E-state index is 0.218. The van der Waals surface area contributed by atoms with Crippen molar-refractivity contribution in [1.82, 2.24) is 10.4 Å². The van der Waals surface area contributed by atoms with Crippen molar-refractivity contribution in [3.8, 4) is 0 Å². The van der Waals surface area contributed by atoms with Gasteiger partial charge in [-0.25, -0.2) is 4.98 Å². The van der Waals surface area contributed by atoms with Crippen LogP contribution < -0.4 is 11.3 Å². The van der Waals surface area contributed by atoms with E-state index >= 15 is 0 Å². The van der Waals surface area contributed by atoms with E-state index in [-0.39, 0.29) is 6.04 Å². The first-order valence-corrected chi connectivity index (χ1v) is 7.04. The lowest BCUT2D eigenvalue weighted by Crippen LogP contribution is -2.38. The molecule has 0 spiro atoms. The molecule has 5 heteroatoms. The molecule has 0 amide bonds. The molecular formula is C12H14BrN3S. The van der Waals surface area contributed by atoms with Gasteiger partial charge in [0.15, 0.2) is 0 Å². The summed E-state index contributed by atoms with van der Waals surface area (Å²) in [6.07, 6.45) is 3.59. The largest absolute Gasteiger partial charge is 0.271 e. The number of benzene rings is 1. The standard InChI is InChI=1S/C12H14BrN3S/c13-10-3-1-2-9(6-10)7-11(16-14)8-12-15-4-5-17-12/h1-6,11,16H,7-8,14H2. The summed E-state index contributed by atoms with van der Waals surface area (Å²) in [5.74, 6) is 5.59. The predicted molar refractivity (Wildman–Crippen MR) is 74.8 cm³/mol. The van der Waals surface area contributed by atoms with E-state index in [0.717, 1.165) is 22.3 Å². The topological polar surface area (TPSA) is 50.9 Å². The number of nitrogens with two attached hydrogens (primary N) is 1. The Balaban J connectivity index is 2.00. The summed E-state index contributed by atoms with van der Waals surface area (Å²) >= 11 is 5.14. The van der Waals surface area contributed by atoms with Crippen LogP contribution in [0.5, 0.6) is 0 Å². The molecule has 17 heavy (non-hydrogen) atoms. The van der Waals surface area contributed by atoms with Crippen LogP contribution in [0.3, 0.4) is 0 Å². The van der Waals surface area contributed by atoms with Crippen LogP contribution in [0.2, 0.25) is 0 Å². The van der Waals surface area contributed by atoms with Crippen molar-refractivity contribution in [3.63, 3.8) is 0 Å². The number of hydrazine groups is 1. The number of halogens is 1. The van der Waals surface area contributed by atoms with E-state index in [9.17, 15) is 0 Å². The number of thiazole rings is 1. The lowest BCUT2D eigenvalue weighted by Gasteiger charge is -2.14. The third-order valence-electron chi connectivity index (χ3n) is 2.51. The molecule has 0 fully saturated rings. The Bertz CT molecular complexity index is 459. The van der Waals surface area contributed by atoms with Gasteiger partial charge in [-0.05, 0) is 24.1 Å². The number of nitrogens with zero attached hydrogens (tertiary/aromatic N) is 1. The first kappa shape index (κ1) is 12.7. The van der Waals surface area contributed by atoms with E-state index in [1.807, 2.05) is 23.7 Å². The maximum absolute atomic E-state index is 5.59. The van der Waals surface area contributed by atoms with Crippen molar-refractivity contribution in [2.45, 2.75) is 18.9 Å². The average Bonchev–Trinajstić information content (AvgIpc) is 2.81. The van der Waals surface area contributed by atoms with Crippen molar-refractivity contribution < 1.29 is 0 Å². The summed E-state index contributed by atoms with van der Waals surface area (Å²) in [5, 5.41) is 3.10. The second kappa shape index (κ2) is 6.26. The maximum Gasteiger partial charge on any atom is 0.0940 e. The van der Waals surface area contributed by atoms with Crippen molar-refractivity contribution in [2.75, 3.05) is 0 Å². The summed E-state index contributed by atoms with van der Waals surface area (Å²) in [6.45, 7) is 0. The molecule has 0 saturated heterocycles. The Labute approximate surface area is 113 Å². The van der Waals surface area contributed by atoms with Crippen molar-refractivity contribution in [1.29, 1.82) is 0 Å². The molecule has 0 aliphatic carbocycles. The van der Waals surface area contributed by atoms with E-state index in [0.29, 0.717) is 0 Å². The van der Waals surface area contributed by atoms with Crippen LogP contribution in [-0.4, -0.2) is 11.0 Å². The van der Waals surface area contributed by atoms with Gasteiger partial charge < -0.3 is 0 Å². The van der Waals surface area contributed by atoms with Crippen LogP contribution in [0.4, 0.5) is 0 Å². The molecular weight excluding hydrogens is 298 g/mol. The number of rotatable bonds is 5. The second-order valence-electron chi connectivity index (χ2n) is 3.83. The van der Waals surface area contributed by atoms with Gasteiger partial charge >= 0.3 is 0 Å². The Morgan fingerprint density at radius 2 is 2.29 bits per heavy atom. The zero-order valence-corrected chi connectivity index (χ0v) is 11.7. The maximum atomic E-state index is 5.59. The molecule has 1 aromatic heterocycles. The van der Waals surface area contributed by atoms with Gasteiger partial charge in [0.2, 0.25) is 0 Å². The predicted octanol–water partition coefficient (Wildman–Crippen LogP) is 2.52. The van der Waals surface area contributed by atoms with Crippen molar-refractivity contribution in [2.24, 2.45) is 5.84 Å². The first-order valence-electron chi connectivity index (χ1n) is 5.37. The Kier molecular flexibility index (Phi) is 4.67. The fourth-order valence-corrected chi connectivity index (χ4v) is 2.85. The molecule has 0 aliphatic rings. The number of hydrogen-bond acceptors (Lipinski definition) is 4. The molecule has 0 aliphatic heterocycles. The van der Waals surface area contributed by atoms with E-state index in [2.05, 4.69) is 38.5 Å². The van der Waals surface area contributed by atoms with Gasteiger partial charge in [-0.1, -0.05) is 28.1 Å². The van der Waals surface area contributed by atoms with Gasteiger partial charge in [0.05, 0.1) is 5.01 Å². The van der Waals surface area contributed by atoms with Crippen LogP contribution in [0, 0.1) is 0 Å². The molecule has 1 unspecified atom stereocenters. The highest BCUT2D eigenvalue weighted by Gasteiger charge is 2.10. The lowest BCUT2D eigenvalue weighted by atomic mass is 10.0. The molecule has 0 bridgehead atoms. The van der Waals surface area contributed by atoms with E-state index in [1.165, 1.54) is 5.56 Å². The zero-order chi connectivity index (χ0) is 12.1. The summed E-state index contributed by atoms with van der Waals surface area (Å²) in [5.41, 5.74) is 4.12. The smallest absolute Gasteiger partial charge is 0.0940 e. The van der Waals surface area contributed by atoms with Gasteiger partial charge in [0, 0.05) is 28.5 Å². The molecule has 90 valence electrons. The molecule has 0 saturated carbocycles. The first-order chi connectivity index (χ1) is 8.28. The molecule has 1 atom stereocenters. The van der Waals surface area contributed by atoms with Crippen molar-refractivity contribution >= 4 is 27.3 Å². The molecule has 0 radical (unpaired) electrons. The summed E-state index contributed by atoms with van der Waals surface area (Å²) in [6, 6.07) is 8.50. The highest BCUT2D eigenvalue weighted by atomic mass is 79.9. The van der Waals surface area contributed by atoms with Crippen LogP contribution in [-0.2, 0) is 12.8 Å². The lowest BCUT2D eigenvalue weighted by molar-refractivity contribution is 0.521. The van der Waals surface area contributed by atoms with Gasteiger partial charge in [-0.3, -0.25) is 11.3 Å². The van der Waals surface area contributed by atoms with Gasteiger partial charge in [0.1, 0.15) is 0 Å². The monoisotopic (exact) mass is 311 g/mol. The van der Waals surface area contributed by atoms with Gasteiger partial charge in [-0.2, -0.15) is 0 Å². The number of aromatic nitrogens is 1. The third-order valence-corrected chi connectivity index (χ3v) is 3.81.